The van der Waals surface area contributed by atoms with Gasteiger partial charge in [-0.15, -0.1) is 0 Å². The molecule has 0 spiro atoms. The van der Waals surface area contributed by atoms with Crippen LogP contribution in [0.15, 0.2) is 53.1 Å². The molecule has 5 nitrogen and oxygen atoms in total. The molecule has 0 N–H and O–H groups in total. The average Bonchev–Trinajstić information content (AvgIpc) is 2.99. The van der Waals surface area contributed by atoms with E-state index < -0.39 is 0 Å². The Hall–Kier alpha value is -2.95. The second kappa shape index (κ2) is 7.08. The summed E-state index contributed by atoms with van der Waals surface area (Å²) >= 11 is 0. The van der Waals surface area contributed by atoms with Gasteiger partial charge in [0, 0.05) is 17.0 Å². The van der Waals surface area contributed by atoms with Crippen molar-refractivity contribution in [2.24, 2.45) is 0 Å². The van der Waals surface area contributed by atoms with Gasteiger partial charge in [0.15, 0.2) is 11.5 Å². The number of hydrogen-bond acceptors (Lipinski definition) is 5. The molecule has 5 heteroatoms. The van der Waals surface area contributed by atoms with Crippen molar-refractivity contribution in [2.45, 2.75) is 13.3 Å². The molecule has 0 amide bonds. The van der Waals surface area contributed by atoms with Crippen molar-refractivity contribution >= 4 is 16.9 Å². The fraction of sp³-hybridized carbons (Fsp3) is 0.211. The number of para-hydroxylation sites is 2. The molecule has 0 saturated carbocycles. The molecule has 0 fully saturated rings. The lowest BCUT2D eigenvalue weighted by Crippen LogP contribution is -2.11. The lowest BCUT2D eigenvalue weighted by atomic mass is 10.1. The van der Waals surface area contributed by atoms with Gasteiger partial charge in [-0.2, -0.15) is 0 Å². The van der Waals surface area contributed by atoms with E-state index in [1.165, 1.54) is 0 Å². The zero-order valence-corrected chi connectivity index (χ0v) is 13.6. The summed E-state index contributed by atoms with van der Waals surface area (Å²) in [5, 5.41) is 0.867. The highest BCUT2D eigenvalue weighted by molar-refractivity contribution is 5.87. The Balaban J connectivity index is 1.76. The zero-order valence-electron chi connectivity index (χ0n) is 13.6. The maximum Gasteiger partial charge on any atom is 0.315 e. The number of methoxy groups -OCH3 is 1. The molecule has 0 saturated heterocycles. The largest absolute Gasteiger partial charge is 0.497 e. The highest BCUT2D eigenvalue weighted by Gasteiger charge is 2.14. The highest BCUT2D eigenvalue weighted by atomic mass is 16.6. The third-order valence-electron chi connectivity index (χ3n) is 3.57. The minimum atomic E-state index is -0.374. The summed E-state index contributed by atoms with van der Waals surface area (Å²) in [6.45, 7) is 2.38. The van der Waals surface area contributed by atoms with Crippen molar-refractivity contribution in [3.8, 4) is 17.2 Å². The number of ether oxygens (including phenoxy) is 3. The summed E-state index contributed by atoms with van der Waals surface area (Å²) in [6.07, 6.45) is 1.68. The molecule has 0 unspecified atom stereocenters. The topological polar surface area (TPSA) is 57.9 Å². The van der Waals surface area contributed by atoms with Crippen molar-refractivity contribution in [3.05, 3.63) is 54.3 Å². The molecule has 3 rings (SSSR count). The van der Waals surface area contributed by atoms with Crippen molar-refractivity contribution < 1.29 is 23.4 Å². The van der Waals surface area contributed by atoms with E-state index in [9.17, 15) is 4.79 Å². The fourth-order valence-electron chi connectivity index (χ4n) is 2.45. The lowest BCUT2D eigenvalue weighted by molar-refractivity contribution is -0.133. The van der Waals surface area contributed by atoms with Crippen LogP contribution in [0.5, 0.6) is 17.2 Å². The first kappa shape index (κ1) is 15.9. The van der Waals surface area contributed by atoms with Crippen LogP contribution in [0.4, 0.5) is 0 Å². The Morgan fingerprint density at radius 2 is 1.92 bits per heavy atom. The number of fused-ring (bicyclic) bond motifs is 1. The van der Waals surface area contributed by atoms with Crippen LogP contribution in [0, 0.1) is 0 Å². The van der Waals surface area contributed by atoms with Gasteiger partial charge in [0.2, 0.25) is 0 Å². The number of benzene rings is 2. The van der Waals surface area contributed by atoms with E-state index in [1.807, 2.05) is 25.1 Å². The summed E-state index contributed by atoms with van der Waals surface area (Å²) in [5.41, 5.74) is 1.44. The molecule has 0 atom stereocenters. The number of carbonyl (C=O) groups is 1. The van der Waals surface area contributed by atoms with Gasteiger partial charge in [-0.05, 0) is 31.2 Å². The quantitative estimate of drug-likeness (QED) is 0.506. The molecule has 0 aliphatic heterocycles. The number of hydrogen-bond donors (Lipinski definition) is 0. The predicted octanol–water partition coefficient (Wildman–Crippen LogP) is 3.99. The van der Waals surface area contributed by atoms with Crippen LogP contribution in [0.1, 0.15) is 12.5 Å². The maximum absolute atomic E-state index is 12.3. The molecule has 124 valence electrons. The first-order chi connectivity index (χ1) is 11.7. The number of furan rings is 1. The van der Waals surface area contributed by atoms with Crippen LogP contribution in [0.2, 0.25) is 0 Å². The Kier molecular flexibility index (Phi) is 4.70. The van der Waals surface area contributed by atoms with Gasteiger partial charge in [-0.3, -0.25) is 4.79 Å². The molecule has 0 aliphatic rings. The highest BCUT2D eigenvalue weighted by Crippen LogP contribution is 2.28. The smallest absolute Gasteiger partial charge is 0.315 e. The van der Waals surface area contributed by atoms with Crippen LogP contribution in [0.3, 0.4) is 0 Å². The summed E-state index contributed by atoms with van der Waals surface area (Å²) in [7, 11) is 1.60. The van der Waals surface area contributed by atoms with Gasteiger partial charge in [0.05, 0.1) is 26.4 Å². The zero-order chi connectivity index (χ0) is 16.9. The van der Waals surface area contributed by atoms with Crippen LogP contribution < -0.4 is 14.2 Å². The first-order valence-corrected chi connectivity index (χ1v) is 7.68. The molecule has 0 radical (unpaired) electrons. The average molecular weight is 326 g/mol. The summed E-state index contributed by atoms with van der Waals surface area (Å²) < 4.78 is 21.5. The maximum atomic E-state index is 12.3. The normalized spacial score (nSPS) is 10.6. The Morgan fingerprint density at radius 1 is 1.12 bits per heavy atom. The summed E-state index contributed by atoms with van der Waals surface area (Å²) in [4.78, 5) is 12.3. The molecule has 2 aromatic carbocycles. The van der Waals surface area contributed by atoms with Gasteiger partial charge in [-0.25, -0.2) is 0 Å². The molecule has 3 aromatic rings. The molecule has 1 heterocycles. The van der Waals surface area contributed by atoms with Crippen molar-refractivity contribution in [1.29, 1.82) is 0 Å². The van der Waals surface area contributed by atoms with Gasteiger partial charge < -0.3 is 18.6 Å². The Bertz CT molecular complexity index is 850. The molecular weight excluding hydrogens is 308 g/mol. The molecule has 24 heavy (non-hydrogen) atoms. The molecule has 0 bridgehead atoms. The third kappa shape index (κ3) is 3.35. The fourth-order valence-corrected chi connectivity index (χ4v) is 2.45. The van der Waals surface area contributed by atoms with E-state index in [0.29, 0.717) is 29.4 Å². The lowest BCUT2D eigenvalue weighted by Gasteiger charge is -2.09. The van der Waals surface area contributed by atoms with Crippen molar-refractivity contribution in [1.82, 2.24) is 0 Å². The van der Waals surface area contributed by atoms with Crippen LogP contribution in [-0.4, -0.2) is 19.7 Å². The van der Waals surface area contributed by atoms with Crippen LogP contribution >= 0.6 is 0 Å². The van der Waals surface area contributed by atoms with Gasteiger partial charge in [0.25, 0.3) is 0 Å². The third-order valence-corrected chi connectivity index (χ3v) is 3.57. The van der Waals surface area contributed by atoms with E-state index in [4.69, 9.17) is 18.6 Å². The second-order valence-electron chi connectivity index (χ2n) is 5.15. The minimum Gasteiger partial charge on any atom is -0.497 e. The van der Waals surface area contributed by atoms with Crippen LogP contribution in [0.25, 0.3) is 11.0 Å². The van der Waals surface area contributed by atoms with Gasteiger partial charge in [-0.1, -0.05) is 12.1 Å². The molecule has 1 aromatic heterocycles. The first-order valence-electron chi connectivity index (χ1n) is 7.68. The van der Waals surface area contributed by atoms with Gasteiger partial charge in [0.1, 0.15) is 11.3 Å². The second-order valence-corrected chi connectivity index (χ2v) is 5.15. The monoisotopic (exact) mass is 326 g/mol. The van der Waals surface area contributed by atoms with E-state index in [2.05, 4.69) is 0 Å². The standard InChI is InChI=1S/C19H18O5/c1-3-22-16-6-4-5-7-17(16)24-19(20)10-13-12-23-18-11-14(21-2)8-9-15(13)18/h4-9,11-12H,3,10H2,1-2H3. The number of esters is 1. The number of rotatable bonds is 6. The number of carbonyl (C=O) groups excluding carboxylic acids is 1. The van der Waals surface area contributed by atoms with Crippen molar-refractivity contribution in [2.75, 3.05) is 13.7 Å². The van der Waals surface area contributed by atoms with E-state index >= 15 is 0 Å². The predicted molar refractivity (Wildman–Crippen MR) is 89.7 cm³/mol. The van der Waals surface area contributed by atoms with E-state index in [0.717, 1.165) is 10.9 Å². The molecule has 0 aliphatic carbocycles. The molecular formula is C19H18O5. The van der Waals surface area contributed by atoms with E-state index in [-0.39, 0.29) is 12.4 Å². The summed E-state index contributed by atoms with van der Waals surface area (Å²) in [6, 6.07) is 12.6. The van der Waals surface area contributed by atoms with Gasteiger partial charge >= 0.3 is 5.97 Å². The van der Waals surface area contributed by atoms with Crippen molar-refractivity contribution in [3.63, 3.8) is 0 Å². The van der Waals surface area contributed by atoms with E-state index in [1.54, 1.807) is 37.6 Å². The SMILES string of the molecule is CCOc1ccccc1OC(=O)Cc1coc2cc(OC)ccc12. The summed E-state index contributed by atoms with van der Waals surface area (Å²) in [5.74, 6) is 1.30. The van der Waals surface area contributed by atoms with Crippen LogP contribution in [-0.2, 0) is 11.2 Å². The minimum absolute atomic E-state index is 0.111. The Labute approximate surface area is 139 Å². The Morgan fingerprint density at radius 3 is 2.67 bits per heavy atom.